The van der Waals surface area contributed by atoms with Gasteiger partial charge in [0.15, 0.2) is 0 Å². The maximum absolute atomic E-state index is 10.1. The van der Waals surface area contributed by atoms with Crippen molar-refractivity contribution in [1.29, 1.82) is 0 Å². The van der Waals surface area contributed by atoms with Crippen LogP contribution in [0, 0.1) is 47.9 Å². The fourth-order valence-corrected chi connectivity index (χ4v) is 1.09. The molecule has 0 unspecified atom stereocenters. The summed E-state index contributed by atoms with van der Waals surface area (Å²) >= 11 is 0. The van der Waals surface area contributed by atoms with Crippen molar-refractivity contribution in [3.8, 4) is 0 Å². The van der Waals surface area contributed by atoms with Crippen LogP contribution in [0.3, 0.4) is 0 Å². The number of rotatable bonds is 1. The average molecular weight is 250 g/mol. The molecule has 9 heavy (non-hydrogen) atoms. The number of carbonyl (C=O) groups is 1. The first-order valence-electron chi connectivity index (χ1n) is 3.20. The molecule has 1 aliphatic rings. The van der Waals surface area contributed by atoms with E-state index in [1.807, 2.05) is 0 Å². The van der Waals surface area contributed by atoms with Crippen LogP contribution in [0.25, 0.3) is 0 Å². The van der Waals surface area contributed by atoms with Crippen LogP contribution < -0.4 is 0 Å². The number of aldehydes is 1. The molecule has 2 heteroatoms. The van der Waals surface area contributed by atoms with Gasteiger partial charge >= 0.3 is 0 Å². The molecule has 1 aliphatic carbocycles. The van der Waals surface area contributed by atoms with Crippen molar-refractivity contribution < 1.29 is 40.4 Å². The summed E-state index contributed by atoms with van der Waals surface area (Å²) in [6, 6.07) is 0. The summed E-state index contributed by atoms with van der Waals surface area (Å²) in [7, 11) is 0. The molecule has 0 heterocycles. The molecule has 0 spiro atoms. The minimum Gasteiger partial charge on any atom is -0.328 e. The fourth-order valence-electron chi connectivity index (χ4n) is 1.09. The van der Waals surface area contributed by atoms with Crippen LogP contribution >= 0.6 is 0 Å². The van der Waals surface area contributed by atoms with E-state index in [0.29, 0.717) is 5.92 Å². The molecule has 1 radical (unpaired) electrons. The van der Waals surface area contributed by atoms with Crippen molar-refractivity contribution in [1.82, 2.24) is 0 Å². The Kier molecular flexibility index (Phi) is 6.18. The standard InChI is InChI=1S/C7H11O.La/c8-6-7-4-2-1-3-5-7;/h1,6-7H,2-5H2;/q-1;. The Balaban J connectivity index is 0.000000640. The van der Waals surface area contributed by atoms with Gasteiger partial charge in [0.1, 0.15) is 6.29 Å². The van der Waals surface area contributed by atoms with Gasteiger partial charge in [-0.25, -0.2) is 0 Å². The molecule has 1 nitrogen and oxygen atoms in total. The molecular formula is C7H11LaO-. The Morgan fingerprint density at radius 2 is 1.89 bits per heavy atom. The van der Waals surface area contributed by atoms with Gasteiger partial charge in [-0.15, -0.1) is 0 Å². The molecule has 0 amide bonds. The van der Waals surface area contributed by atoms with Crippen LogP contribution in [0.5, 0.6) is 0 Å². The van der Waals surface area contributed by atoms with Gasteiger partial charge in [-0.3, -0.25) is 0 Å². The molecule has 0 aromatic heterocycles. The molecule has 0 atom stereocenters. The number of hydrogen-bond donors (Lipinski definition) is 0. The van der Waals surface area contributed by atoms with Crippen molar-refractivity contribution in [2.45, 2.75) is 25.7 Å². The normalized spacial score (nSPS) is 20.4. The van der Waals surface area contributed by atoms with E-state index >= 15 is 0 Å². The first-order chi connectivity index (χ1) is 3.93. The summed E-state index contributed by atoms with van der Waals surface area (Å²) in [6.45, 7) is 0. The first kappa shape index (κ1) is 9.86. The van der Waals surface area contributed by atoms with Gasteiger partial charge < -0.3 is 11.2 Å². The van der Waals surface area contributed by atoms with Crippen molar-refractivity contribution >= 4 is 6.29 Å². The predicted molar refractivity (Wildman–Crippen MR) is 32.3 cm³/mol. The maximum atomic E-state index is 10.1. The number of carbonyl (C=O) groups excluding carboxylic acids is 1. The SMILES string of the molecule is O=CC1CC[CH-]CC1.[La]. The van der Waals surface area contributed by atoms with Crippen LogP contribution in [0.2, 0.25) is 0 Å². The summed E-state index contributed by atoms with van der Waals surface area (Å²) < 4.78 is 0. The van der Waals surface area contributed by atoms with Gasteiger partial charge in [-0.2, -0.15) is 12.8 Å². The van der Waals surface area contributed by atoms with Crippen LogP contribution in [-0.2, 0) is 4.79 Å². The molecule has 49 valence electrons. The van der Waals surface area contributed by atoms with E-state index in [4.69, 9.17) is 0 Å². The fraction of sp³-hybridized carbons (Fsp3) is 0.714. The molecule has 0 aromatic rings. The maximum Gasteiger partial charge on any atom is 0.122 e. The Morgan fingerprint density at radius 1 is 1.33 bits per heavy atom. The molecule has 1 rings (SSSR count). The summed E-state index contributed by atoms with van der Waals surface area (Å²) in [5.41, 5.74) is 0. The zero-order chi connectivity index (χ0) is 5.82. The largest absolute Gasteiger partial charge is 0.328 e. The third-order valence-corrected chi connectivity index (χ3v) is 1.68. The van der Waals surface area contributed by atoms with E-state index in [1.54, 1.807) is 0 Å². The summed E-state index contributed by atoms with van der Waals surface area (Å²) in [5, 5.41) is 0. The third kappa shape index (κ3) is 3.54. The van der Waals surface area contributed by atoms with E-state index in [-0.39, 0.29) is 35.6 Å². The Labute approximate surface area is 84.2 Å². The van der Waals surface area contributed by atoms with Crippen molar-refractivity contribution in [2.75, 3.05) is 0 Å². The molecule has 1 saturated carbocycles. The predicted octanol–water partition coefficient (Wildman–Crippen LogP) is 1.58. The quantitative estimate of drug-likeness (QED) is 0.510. The van der Waals surface area contributed by atoms with E-state index < -0.39 is 0 Å². The monoisotopic (exact) mass is 250 g/mol. The van der Waals surface area contributed by atoms with E-state index in [0.717, 1.165) is 32.0 Å². The smallest absolute Gasteiger partial charge is 0.122 e. The minimum absolute atomic E-state index is 0. The minimum atomic E-state index is 0. The van der Waals surface area contributed by atoms with Gasteiger partial charge in [0.2, 0.25) is 0 Å². The first-order valence-corrected chi connectivity index (χ1v) is 3.20. The van der Waals surface area contributed by atoms with Gasteiger partial charge in [0.25, 0.3) is 0 Å². The van der Waals surface area contributed by atoms with Crippen molar-refractivity contribution in [3.05, 3.63) is 6.42 Å². The second kappa shape index (κ2) is 5.63. The topological polar surface area (TPSA) is 17.1 Å². The molecule has 1 fully saturated rings. The molecular weight excluding hydrogens is 239 g/mol. The third-order valence-electron chi connectivity index (χ3n) is 1.68. The van der Waals surface area contributed by atoms with Crippen molar-refractivity contribution in [2.24, 2.45) is 5.92 Å². The van der Waals surface area contributed by atoms with Crippen LogP contribution in [0.4, 0.5) is 0 Å². The second-order valence-electron chi connectivity index (χ2n) is 2.34. The van der Waals surface area contributed by atoms with E-state index in [1.165, 1.54) is 0 Å². The summed E-state index contributed by atoms with van der Waals surface area (Å²) in [6.07, 6.45) is 7.81. The van der Waals surface area contributed by atoms with Gasteiger partial charge in [0, 0.05) is 41.5 Å². The molecule has 0 bridgehead atoms. The van der Waals surface area contributed by atoms with Gasteiger partial charge in [-0.1, -0.05) is 12.8 Å². The van der Waals surface area contributed by atoms with Gasteiger partial charge in [-0.05, 0) is 0 Å². The molecule has 0 aromatic carbocycles. The van der Waals surface area contributed by atoms with E-state index in [9.17, 15) is 4.79 Å². The molecule has 0 aliphatic heterocycles. The molecule has 0 saturated heterocycles. The average Bonchev–Trinajstić information content (AvgIpc) is 1.90. The Morgan fingerprint density at radius 3 is 2.22 bits per heavy atom. The van der Waals surface area contributed by atoms with Gasteiger partial charge in [0.05, 0.1) is 0 Å². The summed E-state index contributed by atoms with van der Waals surface area (Å²) in [5.74, 6) is 0.375. The van der Waals surface area contributed by atoms with Crippen LogP contribution in [-0.4, -0.2) is 6.29 Å². The Bertz CT molecular complexity index is 77.0. The van der Waals surface area contributed by atoms with Crippen molar-refractivity contribution in [3.63, 3.8) is 0 Å². The Hall–Kier alpha value is 0.865. The van der Waals surface area contributed by atoms with E-state index in [2.05, 4.69) is 6.42 Å². The zero-order valence-corrected chi connectivity index (χ0v) is 9.17. The van der Waals surface area contributed by atoms with Crippen LogP contribution in [0.15, 0.2) is 0 Å². The zero-order valence-electron chi connectivity index (χ0n) is 5.55. The second-order valence-corrected chi connectivity index (χ2v) is 2.34. The van der Waals surface area contributed by atoms with Crippen LogP contribution in [0.1, 0.15) is 25.7 Å². The number of hydrogen-bond acceptors (Lipinski definition) is 1. The summed E-state index contributed by atoms with van der Waals surface area (Å²) in [4.78, 5) is 10.1. The molecule has 0 N–H and O–H groups in total.